The van der Waals surface area contributed by atoms with E-state index in [1.807, 2.05) is 13.0 Å². The molecule has 1 aliphatic heterocycles. The summed E-state index contributed by atoms with van der Waals surface area (Å²) in [5.41, 5.74) is 2.77. The number of rotatable bonds is 5. The SMILES string of the molecule is Cc1cc(Nc2ccc(NC(=O)CN3C(=O)c4ccc(Br)cc4C3=O)cc2)ncn1. The van der Waals surface area contributed by atoms with Crippen molar-refractivity contribution in [3.8, 4) is 0 Å². The summed E-state index contributed by atoms with van der Waals surface area (Å²) >= 11 is 3.28. The zero-order valence-corrected chi connectivity index (χ0v) is 17.4. The molecule has 3 aromatic rings. The van der Waals surface area contributed by atoms with E-state index in [-0.39, 0.29) is 12.1 Å². The lowest BCUT2D eigenvalue weighted by molar-refractivity contribution is -0.116. The number of nitrogens with one attached hydrogen (secondary N) is 2. The molecule has 0 atom stereocenters. The number of fused-ring (bicyclic) bond motifs is 1. The highest BCUT2D eigenvalue weighted by Crippen LogP contribution is 2.26. The van der Waals surface area contributed by atoms with E-state index in [4.69, 9.17) is 0 Å². The molecule has 150 valence electrons. The molecule has 0 fully saturated rings. The zero-order valence-electron chi connectivity index (χ0n) is 15.8. The maximum absolute atomic E-state index is 12.5. The molecule has 0 bridgehead atoms. The highest BCUT2D eigenvalue weighted by Gasteiger charge is 2.36. The average molecular weight is 466 g/mol. The van der Waals surface area contributed by atoms with Gasteiger partial charge in [0.05, 0.1) is 11.1 Å². The van der Waals surface area contributed by atoms with Crippen LogP contribution in [0.3, 0.4) is 0 Å². The summed E-state index contributed by atoms with van der Waals surface area (Å²) in [5.74, 6) is -0.754. The van der Waals surface area contributed by atoms with Crippen molar-refractivity contribution in [3.63, 3.8) is 0 Å². The van der Waals surface area contributed by atoms with Gasteiger partial charge in [-0.1, -0.05) is 15.9 Å². The fourth-order valence-corrected chi connectivity index (χ4v) is 3.42. The van der Waals surface area contributed by atoms with Gasteiger partial charge in [-0.05, 0) is 49.4 Å². The number of hydrogen-bond acceptors (Lipinski definition) is 6. The van der Waals surface area contributed by atoms with Gasteiger partial charge in [0, 0.05) is 27.6 Å². The van der Waals surface area contributed by atoms with Crippen molar-refractivity contribution in [2.24, 2.45) is 0 Å². The van der Waals surface area contributed by atoms with Crippen LogP contribution in [-0.4, -0.2) is 39.1 Å². The fraction of sp³-hybridized carbons (Fsp3) is 0.0952. The Morgan fingerprint density at radius 3 is 2.40 bits per heavy atom. The third-order valence-electron chi connectivity index (χ3n) is 4.48. The molecule has 2 N–H and O–H groups in total. The van der Waals surface area contributed by atoms with Gasteiger partial charge in [-0.3, -0.25) is 19.3 Å². The molecule has 30 heavy (non-hydrogen) atoms. The molecule has 0 unspecified atom stereocenters. The Labute approximate surface area is 180 Å². The topological polar surface area (TPSA) is 104 Å². The monoisotopic (exact) mass is 465 g/mol. The van der Waals surface area contributed by atoms with Gasteiger partial charge in [-0.15, -0.1) is 0 Å². The second kappa shape index (κ2) is 8.03. The quantitative estimate of drug-likeness (QED) is 0.558. The lowest BCUT2D eigenvalue weighted by Crippen LogP contribution is -2.37. The third kappa shape index (κ3) is 4.06. The standard InChI is InChI=1S/C21H16BrN5O3/c1-12-8-18(24-11-23-12)25-14-3-5-15(6-4-14)26-19(28)10-27-20(29)16-7-2-13(22)9-17(16)21(27)30/h2-9,11H,10H2,1H3,(H,26,28)(H,23,24,25). The van der Waals surface area contributed by atoms with Crippen molar-refractivity contribution in [2.75, 3.05) is 17.2 Å². The molecule has 9 heteroatoms. The van der Waals surface area contributed by atoms with Crippen LogP contribution in [0.5, 0.6) is 0 Å². The van der Waals surface area contributed by atoms with Gasteiger partial charge in [-0.2, -0.15) is 0 Å². The molecule has 0 radical (unpaired) electrons. The minimum absolute atomic E-state index is 0.289. The highest BCUT2D eigenvalue weighted by molar-refractivity contribution is 9.10. The average Bonchev–Trinajstić information content (AvgIpc) is 2.94. The number of aromatic nitrogens is 2. The van der Waals surface area contributed by atoms with Gasteiger partial charge in [0.2, 0.25) is 5.91 Å². The molecule has 3 amide bonds. The number of carbonyl (C=O) groups is 3. The van der Waals surface area contributed by atoms with Crippen LogP contribution in [0.15, 0.2) is 59.3 Å². The van der Waals surface area contributed by atoms with Crippen molar-refractivity contribution in [3.05, 3.63) is 76.2 Å². The molecule has 0 spiro atoms. The largest absolute Gasteiger partial charge is 0.340 e. The van der Waals surface area contributed by atoms with Crippen molar-refractivity contribution in [2.45, 2.75) is 6.92 Å². The van der Waals surface area contributed by atoms with Crippen LogP contribution in [0.25, 0.3) is 0 Å². The van der Waals surface area contributed by atoms with Crippen LogP contribution < -0.4 is 10.6 Å². The van der Waals surface area contributed by atoms with Crippen molar-refractivity contribution < 1.29 is 14.4 Å². The molecule has 1 aliphatic rings. The van der Waals surface area contributed by atoms with Crippen molar-refractivity contribution in [1.29, 1.82) is 0 Å². The fourth-order valence-electron chi connectivity index (χ4n) is 3.06. The van der Waals surface area contributed by atoms with Crippen LogP contribution in [0.1, 0.15) is 26.4 Å². The minimum atomic E-state index is -0.480. The number of anilines is 3. The van der Waals surface area contributed by atoms with Gasteiger partial charge in [0.1, 0.15) is 18.7 Å². The van der Waals surface area contributed by atoms with Crippen LogP contribution in [0, 0.1) is 6.92 Å². The molecule has 8 nitrogen and oxygen atoms in total. The summed E-state index contributed by atoms with van der Waals surface area (Å²) in [5, 5.41) is 5.85. The van der Waals surface area contributed by atoms with Crippen molar-refractivity contribution >= 4 is 50.8 Å². The van der Waals surface area contributed by atoms with Gasteiger partial charge in [0.25, 0.3) is 11.8 Å². The van der Waals surface area contributed by atoms with Crippen LogP contribution in [0.4, 0.5) is 17.2 Å². The van der Waals surface area contributed by atoms with E-state index in [1.54, 1.807) is 42.5 Å². The van der Waals surface area contributed by atoms with E-state index in [9.17, 15) is 14.4 Å². The Kier molecular flexibility index (Phi) is 5.28. The van der Waals surface area contributed by atoms with Crippen LogP contribution >= 0.6 is 15.9 Å². The molecule has 0 saturated carbocycles. The van der Waals surface area contributed by atoms with Gasteiger partial charge in [0.15, 0.2) is 0 Å². The zero-order chi connectivity index (χ0) is 21.3. The smallest absolute Gasteiger partial charge is 0.262 e. The highest BCUT2D eigenvalue weighted by atomic mass is 79.9. The summed E-state index contributed by atoms with van der Waals surface area (Å²) < 4.78 is 0.694. The van der Waals surface area contributed by atoms with Crippen molar-refractivity contribution in [1.82, 2.24) is 14.9 Å². The first-order valence-corrected chi connectivity index (χ1v) is 9.81. The lowest BCUT2D eigenvalue weighted by atomic mass is 10.1. The van der Waals surface area contributed by atoms with Crippen LogP contribution in [0.2, 0.25) is 0 Å². The van der Waals surface area contributed by atoms with E-state index in [0.717, 1.165) is 16.3 Å². The summed E-state index contributed by atoms with van der Waals surface area (Å²) in [6, 6.07) is 13.7. The molecule has 2 aromatic carbocycles. The number of nitrogens with zero attached hydrogens (tertiary/aromatic N) is 3. The molecular formula is C21H16BrN5O3. The van der Waals surface area contributed by atoms with Crippen LogP contribution in [-0.2, 0) is 4.79 Å². The maximum Gasteiger partial charge on any atom is 0.262 e. The number of carbonyl (C=O) groups excluding carboxylic acids is 3. The summed E-state index contributed by atoms with van der Waals surface area (Å²) in [6.45, 7) is 1.52. The van der Waals surface area contributed by atoms with Gasteiger partial charge < -0.3 is 10.6 Å². The predicted octanol–water partition coefficient (Wildman–Crippen LogP) is 3.53. The number of aryl methyl sites for hydroxylation is 1. The molecule has 0 saturated heterocycles. The van der Waals surface area contributed by atoms with E-state index in [2.05, 4.69) is 36.5 Å². The van der Waals surface area contributed by atoms with E-state index in [1.165, 1.54) is 6.33 Å². The normalized spacial score (nSPS) is 12.7. The first kappa shape index (κ1) is 19.7. The molecule has 2 heterocycles. The Bertz CT molecular complexity index is 1160. The Morgan fingerprint density at radius 1 is 0.967 bits per heavy atom. The van der Waals surface area contributed by atoms with Gasteiger partial charge in [-0.25, -0.2) is 9.97 Å². The maximum atomic E-state index is 12.5. The second-order valence-electron chi connectivity index (χ2n) is 6.68. The molecule has 0 aliphatic carbocycles. The number of hydrogen-bond donors (Lipinski definition) is 2. The first-order chi connectivity index (χ1) is 14.4. The summed E-state index contributed by atoms with van der Waals surface area (Å²) in [6.07, 6.45) is 1.48. The Morgan fingerprint density at radius 2 is 1.67 bits per heavy atom. The third-order valence-corrected chi connectivity index (χ3v) is 4.97. The number of benzene rings is 2. The molecule has 4 rings (SSSR count). The number of amides is 3. The Balaban J connectivity index is 1.39. The van der Waals surface area contributed by atoms with E-state index >= 15 is 0 Å². The summed E-state index contributed by atoms with van der Waals surface area (Å²) in [7, 11) is 0. The molecular weight excluding hydrogens is 450 g/mol. The summed E-state index contributed by atoms with van der Waals surface area (Å²) in [4.78, 5) is 46.4. The van der Waals surface area contributed by atoms with E-state index in [0.29, 0.717) is 21.5 Å². The predicted molar refractivity (Wildman–Crippen MR) is 115 cm³/mol. The second-order valence-corrected chi connectivity index (χ2v) is 7.60. The number of halogens is 1. The lowest BCUT2D eigenvalue weighted by Gasteiger charge is -2.14. The number of imide groups is 1. The van der Waals surface area contributed by atoms with Gasteiger partial charge >= 0.3 is 0 Å². The Hall–Kier alpha value is -3.59. The minimum Gasteiger partial charge on any atom is -0.340 e. The van der Waals surface area contributed by atoms with E-state index < -0.39 is 17.7 Å². The first-order valence-electron chi connectivity index (χ1n) is 9.02. The molecule has 1 aromatic heterocycles.